The average Bonchev–Trinajstić information content (AvgIpc) is 2.78. The van der Waals surface area contributed by atoms with E-state index in [9.17, 15) is 0 Å². The van der Waals surface area contributed by atoms with Gasteiger partial charge in [0.1, 0.15) is 0 Å². The number of piperidine rings is 1. The molecule has 0 amide bonds. The van der Waals surface area contributed by atoms with Gasteiger partial charge in [0.25, 0.3) is 0 Å². The SMILES string of the molecule is COC1[C@@H]2CC[C@H]1CN(CC1CN(Cc3ccccc3)CCCO1)C2. The molecule has 1 aliphatic carbocycles. The standard InChI is InChI=1S/C21H32N2O2/c1-24-21-18-8-9-19(21)14-23(13-18)16-20-15-22(10-5-11-25-20)12-17-6-3-2-4-7-17/h2-4,6-7,18-21H,5,8-16H2,1H3/t18-,19+,20?,21?. The van der Waals surface area contributed by atoms with Crippen molar-refractivity contribution < 1.29 is 9.47 Å². The van der Waals surface area contributed by atoms with Crippen LogP contribution in [0.4, 0.5) is 0 Å². The van der Waals surface area contributed by atoms with Gasteiger partial charge < -0.3 is 9.47 Å². The second-order valence-corrected chi connectivity index (χ2v) is 8.08. The van der Waals surface area contributed by atoms with Crippen molar-refractivity contribution in [2.24, 2.45) is 11.8 Å². The summed E-state index contributed by atoms with van der Waals surface area (Å²) in [5.41, 5.74) is 1.40. The summed E-state index contributed by atoms with van der Waals surface area (Å²) in [5, 5.41) is 0. The molecule has 2 saturated heterocycles. The number of nitrogens with zero attached hydrogens (tertiary/aromatic N) is 2. The van der Waals surface area contributed by atoms with E-state index in [-0.39, 0.29) is 0 Å². The van der Waals surface area contributed by atoms with Gasteiger partial charge >= 0.3 is 0 Å². The largest absolute Gasteiger partial charge is 0.381 e. The first-order chi connectivity index (χ1) is 12.3. The Labute approximate surface area is 152 Å². The van der Waals surface area contributed by atoms with Gasteiger partial charge in [-0.05, 0) is 36.7 Å². The topological polar surface area (TPSA) is 24.9 Å². The molecule has 1 aromatic rings. The molecule has 0 radical (unpaired) electrons. The number of methoxy groups -OCH3 is 1. The maximum absolute atomic E-state index is 6.20. The summed E-state index contributed by atoms with van der Waals surface area (Å²) in [4.78, 5) is 5.22. The minimum absolute atomic E-state index is 0.338. The molecule has 4 atom stereocenters. The van der Waals surface area contributed by atoms with Crippen LogP contribution in [-0.4, -0.2) is 68.4 Å². The molecule has 2 unspecified atom stereocenters. The Morgan fingerprint density at radius 1 is 1.04 bits per heavy atom. The molecule has 0 spiro atoms. The van der Waals surface area contributed by atoms with Crippen molar-refractivity contribution in [3.8, 4) is 0 Å². The van der Waals surface area contributed by atoms with Crippen molar-refractivity contribution >= 4 is 0 Å². The van der Waals surface area contributed by atoms with Gasteiger partial charge in [-0.3, -0.25) is 9.80 Å². The molecule has 2 heterocycles. The van der Waals surface area contributed by atoms with E-state index in [4.69, 9.17) is 9.47 Å². The predicted molar refractivity (Wildman–Crippen MR) is 99.5 cm³/mol. The van der Waals surface area contributed by atoms with Gasteiger partial charge in [-0.15, -0.1) is 0 Å². The molecule has 4 rings (SSSR count). The van der Waals surface area contributed by atoms with E-state index in [0.29, 0.717) is 12.2 Å². The van der Waals surface area contributed by atoms with Crippen LogP contribution in [0.25, 0.3) is 0 Å². The molecule has 2 aliphatic heterocycles. The van der Waals surface area contributed by atoms with Crippen molar-refractivity contribution in [2.75, 3.05) is 46.4 Å². The summed E-state index contributed by atoms with van der Waals surface area (Å²) in [6, 6.07) is 10.8. The molecule has 3 aliphatic rings. The predicted octanol–water partition coefficient (Wildman–Crippen LogP) is 2.63. The van der Waals surface area contributed by atoms with Crippen LogP contribution in [0.5, 0.6) is 0 Å². The Balaban J connectivity index is 1.32. The van der Waals surface area contributed by atoms with Crippen molar-refractivity contribution in [3.05, 3.63) is 35.9 Å². The van der Waals surface area contributed by atoms with E-state index in [0.717, 1.165) is 51.0 Å². The van der Waals surface area contributed by atoms with E-state index in [1.807, 2.05) is 7.11 Å². The maximum Gasteiger partial charge on any atom is 0.0828 e. The molecule has 2 bridgehead atoms. The number of hydrogen-bond acceptors (Lipinski definition) is 4. The summed E-state index contributed by atoms with van der Waals surface area (Å²) >= 11 is 0. The lowest BCUT2D eigenvalue weighted by molar-refractivity contribution is -0.0377. The van der Waals surface area contributed by atoms with Crippen LogP contribution in [0, 0.1) is 11.8 Å². The third-order valence-electron chi connectivity index (χ3n) is 6.24. The van der Waals surface area contributed by atoms with Gasteiger partial charge in [0.15, 0.2) is 0 Å². The normalized spacial score (nSPS) is 34.1. The molecule has 4 heteroatoms. The highest BCUT2D eigenvalue weighted by Crippen LogP contribution is 2.38. The van der Waals surface area contributed by atoms with Gasteiger partial charge in [-0.1, -0.05) is 30.3 Å². The van der Waals surface area contributed by atoms with E-state index in [1.54, 1.807) is 0 Å². The molecule has 25 heavy (non-hydrogen) atoms. The molecule has 138 valence electrons. The van der Waals surface area contributed by atoms with Gasteiger partial charge in [0, 0.05) is 53.0 Å². The van der Waals surface area contributed by atoms with Gasteiger partial charge in [-0.25, -0.2) is 0 Å². The van der Waals surface area contributed by atoms with E-state index < -0.39 is 0 Å². The molecule has 0 aromatic heterocycles. The van der Waals surface area contributed by atoms with Gasteiger partial charge in [-0.2, -0.15) is 0 Å². The van der Waals surface area contributed by atoms with Crippen molar-refractivity contribution in [1.29, 1.82) is 0 Å². The van der Waals surface area contributed by atoms with Crippen LogP contribution >= 0.6 is 0 Å². The fourth-order valence-electron chi connectivity index (χ4n) is 5.16. The van der Waals surface area contributed by atoms with Crippen LogP contribution < -0.4 is 0 Å². The summed E-state index contributed by atoms with van der Waals surface area (Å²) in [7, 11) is 1.89. The van der Waals surface area contributed by atoms with Gasteiger partial charge in [0.05, 0.1) is 12.2 Å². The Hall–Kier alpha value is -0.940. The molecule has 1 aromatic carbocycles. The van der Waals surface area contributed by atoms with Crippen LogP contribution in [0.3, 0.4) is 0 Å². The van der Waals surface area contributed by atoms with Gasteiger partial charge in [0.2, 0.25) is 0 Å². The molecule has 1 saturated carbocycles. The molecular weight excluding hydrogens is 312 g/mol. The van der Waals surface area contributed by atoms with E-state index in [1.165, 1.54) is 31.5 Å². The first-order valence-electron chi connectivity index (χ1n) is 9.95. The Kier molecular flexibility index (Phi) is 5.71. The first-order valence-corrected chi connectivity index (χ1v) is 9.95. The monoisotopic (exact) mass is 344 g/mol. The Morgan fingerprint density at radius 3 is 2.52 bits per heavy atom. The highest BCUT2D eigenvalue weighted by molar-refractivity contribution is 5.14. The summed E-state index contributed by atoms with van der Waals surface area (Å²) < 4.78 is 12.0. The number of hydrogen-bond donors (Lipinski definition) is 0. The molecule has 0 N–H and O–H groups in total. The Bertz CT molecular complexity index is 524. The number of likely N-dealkylation sites (tertiary alicyclic amines) is 1. The summed E-state index contributed by atoms with van der Waals surface area (Å²) in [5.74, 6) is 1.46. The molecule has 4 nitrogen and oxygen atoms in total. The van der Waals surface area contributed by atoms with Crippen LogP contribution in [0.1, 0.15) is 24.8 Å². The summed E-state index contributed by atoms with van der Waals surface area (Å²) in [6.07, 6.45) is 4.65. The number of ether oxygens (including phenoxy) is 2. The highest BCUT2D eigenvalue weighted by atomic mass is 16.5. The smallest absolute Gasteiger partial charge is 0.0828 e. The maximum atomic E-state index is 6.20. The third kappa shape index (κ3) is 4.25. The number of fused-ring (bicyclic) bond motifs is 2. The lowest BCUT2D eigenvalue weighted by Gasteiger charge is -2.39. The number of rotatable bonds is 5. The van der Waals surface area contributed by atoms with Crippen molar-refractivity contribution in [1.82, 2.24) is 9.80 Å². The number of benzene rings is 1. The van der Waals surface area contributed by atoms with E-state index in [2.05, 4.69) is 40.1 Å². The molecule has 3 fully saturated rings. The quantitative estimate of drug-likeness (QED) is 0.820. The fourth-order valence-corrected chi connectivity index (χ4v) is 5.16. The molecular formula is C21H32N2O2. The lowest BCUT2D eigenvalue weighted by atomic mass is 9.94. The average molecular weight is 344 g/mol. The minimum Gasteiger partial charge on any atom is -0.381 e. The zero-order valence-corrected chi connectivity index (χ0v) is 15.5. The second-order valence-electron chi connectivity index (χ2n) is 8.08. The highest BCUT2D eigenvalue weighted by Gasteiger charge is 2.42. The van der Waals surface area contributed by atoms with Crippen molar-refractivity contribution in [3.63, 3.8) is 0 Å². The van der Waals surface area contributed by atoms with Crippen molar-refractivity contribution in [2.45, 2.75) is 38.0 Å². The fraction of sp³-hybridized carbons (Fsp3) is 0.714. The van der Waals surface area contributed by atoms with E-state index >= 15 is 0 Å². The zero-order valence-electron chi connectivity index (χ0n) is 15.5. The van der Waals surface area contributed by atoms with Crippen LogP contribution in [0.2, 0.25) is 0 Å². The zero-order chi connectivity index (χ0) is 17.1. The second kappa shape index (κ2) is 8.17. The lowest BCUT2D eigenvalue weighted by Crippen LogP contribution is -2.49. The summed E-state index contributed by atoms with van der Waals surface area (Å²) in [6.45, 7) is 7.59. The minimum atomic E-state index is 0.338. The Morgan fingerprint density at radius 2 is 1.80 bits per heavy atom. The van der Waals surface area contributed by atoms with Crippen LogP contribution in [0.15, 0.2) is 30.3 Å². The third-order valence-corrected chi connectivity index (χ3v) is 6.24. The first kappa shape index (κ1) is 17.5. The van der Waals surface area contributed by atoms with Crippen LogP contribution in [-0.2, 0) is 16.0 Å².